The fourth-order valence-electron chi connectivity index (χ4n) is 2.92. The van der Waals surface area contributed by atoms with Gasteiger partial charge in [-0.3, -0.25) is 9.89 Å². The van der Waals surface area contributed by atoms with Gasteiger partial charge in [0.2, 0.25) is 0 Å². The molecule has 2 N–H and O–H groups in total. The minimum absolute atomic E-state index is 0. The summed E-state index contributed by atoms with van der Waals surface area (Å²) in [6.07, 6.45) is 5.61. The Morgan fingerprint density at radius 2 is 2.12 bits per heavy atom. The topological polar surface area (TPSA) is 62.0 Å². The second-order valence-electron chi connectivity index (χ2n) is 5.70. The molecule has 2 rings (SSSR count). The van der Waals surface area contributed by atoms with Crippen LogP contribution in [0.25, 0.3) is 0 Å². The standard InChI is InChI=1S/C17H30N4O2.HI/c1-3-22-13-9-19-17(18-2)20-14-15(16-8-7-12-23-16)21-10-5-4-6-11-21;/h7-8,12,15H,3-6,9-11,13-14H2,1-2H3,(H2,18,19,20);1H. The van der Waals surface area contributed by atoms with Crippen LogP contribution in [0, 0.1) is 0 Å². The molecular formula is C17H31IN4O2. The molecule has 0 saturated carbocycles. The van der Waals surface area contributed by atoms with Gasteiger partial charge in [0.15, 0.2) is 5.96 Å². The van der Waals surface area contributed by atoms with Crippen molar-refractivity contribution < 1.29 is 9.15 Å². The quantitative estimate of drug-likeness (QED) is 0.276. The Labute approximate surface area is 162 Å². The Morgan fingerprint density at radius 3 is 2.75 bits per heavy atom. The van der Waals surface area contributed by atoms with Gasteiger partial charge in [-0.25, -0.2) is 0 Å². The summed E-state index contributed by atoms with van der Waals surface area (Å²) in [6.45, 7) is 7.21. The molecule has 1 aliphatic rings. The van der Waals surface area contributed by atoms with Crippen LogP contribution in [0.15, 0.2) is 27.8 Å². The lowest BCUT2D eigenvalue weighted by molar-refractivity contribution is 0.145. The maximum atomic E-state index is 5.67. The number of likely N-dealkylation sites (tertiary alicyclic amines) is 1. The predicted molar refractivity (Wildman–Crippen MR) is 108 cm³/mol. The van der Waals surface area contributed by atoms with Gasteiger partial charge in [-0.2, -0.15) is 0 Å². The lowest BCUT2D eigenvalue weighted by atomic mass is 10.1. The molecule has 1 aliphatic heterocycles. The van der Waals surface area contributed by atoms with E-state index in [1.54, 1.807) is 13.3 Å². The van der Waals surface area contributed by atoms with Crippen LogP contribution in [0.1, 0.15) is 38.0 Å². The van der Waals surface area contributed by atoms with E-state index in [-0.39, 0.29) is 30.0 Å². The number of hydrogen-bond acceptors (Lipinski definition) is 4. The van der Waals surface area contributed by atoms with E-state index in [0.29, 0.717) is 6.61 Å². The summed E-state index contributed by atoms with van der Waals surface area (Å²) in [5, 5.41) is 6.69. The zero-order valence-electron chi connectivity index (χ0n) is 14.8. The predicted octanol–water partition coefficient (Wildman–Crippen LogP) is 2.63. The number of halogens is 1. The van der Waals surface area contributed by atoms with Crippen molar-refractivity contribution in [1.82, 2.24) is 15.5 Å². The second-order valence-corrected chi connectivity index (χ2v) is 5.70. The van der Waals surface area contributed by atoms with E-state index < -0.39 is 0 Å². The van der Waals surface area contributed by atoms with Gasteiger partial charge in [-0.05, 0) is 45.0 Å². The summed E-state index contributed by atoms with van der Waals surface area (Å²) in [4.78, 5) is 6.78. The summed E-state index contributed by atoms with van der Waals surface area (Å²) < 4.78 is 11.0. The van der Waals surface area contributed by atoms with E-state index in [1.807, 2.05) is 13.0 Å². The lowest BCUT2D eigenvalue weighted by Gasteiger charge is -2.33. The maximum absolute atomic E-state index is 5.67. The van der Waals surface area contributed by atoms with Gasteiger partial charge in [0.05, 0.1) is 18.9 Å². The average Bonchev–Trinajstić information content (AvgIpc) is 3.12. The molecule has 7 heteroatoms. The van der Waals surface area contributed by atoms with E-state index in [2.05, 4.69) is 26.6 Å². The highest BCUT2D eigenvalue weighted by Crippen LogP contribution is 2.24. The third-order valence-electron chi connectivity index (χ3n) is 4.13. The van der Waals surface area contributed by atoms with Crippen molar-refractivity contribution in [2.75, 3.05) is 46.4 Å². The number of guanidine groups is 1. The average molecular weight is 450 g/mol. The number of nitrogens with zero attached hydrogens (tertiary/aromatic N) is 2. The first kappa shape index (κ1) is 21.2. The summed E-state index contributed by atoms with van der Waals surface area (Å²) >= 11 is 0. The third-order valence-corrected chi connectivity index (χ3v) is 4.13. The molecule has 2 heterocycles. The van der Waals surface area contributed by atoms with Crippen LogP contribution in [-0.2, 0) is 4.74 Å². The molecule has 0 amide bonds. The normalized spacial score (nSPS) is 17.2. The molecule has 0 aromatic carbocycles. The number of rotatable bonds is 8. The van der Waals surface area contributed by atoms with Gasteiger partial charge in [0.25, 0.3) is 0 Å². The van der Waals surface area contributed by atoms with Crippen molar-refractivity contribution in [2.24, 2.45) is 4.99 Å². The Morgan fingerprint density at radius 1 is 1.33 bits per heavy atom. The fourth-order valence-corrected chi connectivity index (χ4v) is 2.92. The minimum Gasteiger partial charge on any atom is -0.468 e. The summed E-state index contributed by atoms with van der Waals surface area (Å²) in [5.41, 5.74) is 0. The summed E-state index contributed by atoms with van der Waals surface area (Å²) in [7, 11) is 1.79. The zero-order chi connectivity index (χ0) is 16.3. The highest BCUT2D eigenvalue weighted by molar-refractivity contribution is 14.0. The van der Waals surface area contributed by atoms with E-state index in [9.17, 15) is 0 Å². The molecule has 1 saturated heterocycles. The summed E-state index contributed by atoms with van der Waals surface area (Å²) in [5.74, 6) is 1.82. The molecule has 1 aromatic heterocycles. The highest BCUT2D eigenvalue weighted by Gasteiger charge is 2.24. The first-order chi connectivity index (χ1) is 11.3. The first-order valence-corrected chi connectivity index (χ1v) is 8.65. The van der Waals surface area contributed by atoms with Crippen molar-refractivity contribution in [3.63, 3.8) is 0 Å². The maximum Gasteiger partial charge on any atom is 0.191 e. The summed E-state index contributed by atoms with van der Waals surface area (Å²) in [6, 6.07) is 4.27. The molecule has 6 nitrogen and oxygen atoms in total. The van der Waals surface area contributed by atoms with Gasteiger partial charge >= 0.3 is 0 Å². The Balaban J connectivity index is 0.00000288. The van der Waals surface area contributed by atoms with Gasteiger partial charge in [0.1, 0.15) is 5.76 Å². The van der Waals surface area contributed by atoms with Crippen LogP contribution < -0.4 is 10.6 Å². The Bertz CT molecular complexity index is 447. The number of hydrogen-bond donors (Lipinski definition) is 2. The van der Waals surface area contributed by atoms with Crippen molar-refractivity contribution in [2.45, 2.75) is 32.2 Å². The highest BCUT2D eigenvalue weighted by atomic mass is 127. The van der Waals surface area contributed by atoms with Gasteiger partial charge in [-0.1, -0.05) is 6.42 Å². The molecular weight excluding hydrogens is 419 g/mol. The molecule has 1 atom stereocenters. The largest absolute Gasteiger partial charge is 0.468 e. The third kappa shape index (κ3) is 6.98. The fraction of sp³-hybridized carbons (Fsp3) is 0.706. The molecule has 24 heavy (non-hydrogen) atoms. The number of aliphatic imine (C=N–C) groups is 1. The van der Waals surface area contributed by atoms with Crippen molar-refractivity contribution >= 4 is 29.9 Å². The van der Waals surface area contributed by atoms with Crippen LogP contribution >= 0.6 is 24.0 Å². The van der Waals surface area contributed by atoms with Gasteiger partial charge in [-0.15, -0.1) is 24.0 Å². The molecule has 0 bridgehead atoms. The molecule has 1 unspecified atom stereocenters. The second kappa shape index (κ2) is 12.5. The van der Waals surface area contributed by atoms with Crippen LogP contribution in [0.3, 0.4) is 0 Å². The van der Waals surface area contributed by atoms with Crippen molar-refractivity contribution in [3.05, 3.63) is 24.2 Å². The van der Waals surface area contributed by atoms with Crippen molar-refractivity contribution in [3.8, 4) is 0 Å². The Hall–Kier alpha value is -0.800. The number of furan rings is 1. The van der Waals surface area contributed by atoms with E-state index in [4.69, 9.17) is 9.15 Å². The van der Waals surface area contributed by atoms with E-state index in [1.165, 1.54) is 19.3 Å². The molecule has 0 spiro atoms. The minimum atomic E-state index is 0. The van der Waals surface area contributed by atoms with Crippen LogP contribution in [0.2, 0.25) is 0 Å². The molecule has 1 aromatic rings. The van der Waals surface area contributed by atoms with Crippen LogP contribution in [0.4, 0.5) is 0 Å². The molecule has 138 valence electrons. The molecule has 0 aliphatic carbocycles. The Kier molecular flexibility index (Phi) is 11.1. The SMILES string of the molecule is CCOCCNC(=NC)NCC(c1ccco1)N1CCCCC1.I. The van der Waals surface area contributed by atoms with E-state index in [0.717, 1.165) is 44.5 Å². The van der Waals surface area contributed by atoms with Crippen molar-refractivity contribution in [1.29, 1.82) is 0 Å². The zero-order valence-corrected chi connectivity index (χ0v) is 17.1. The van der Waals surface area contributed by atoms with Crippen LogP contribution in [0.5, 0.6) is 0 Å². The molecule has 1 fully saturated rings. The smallest absolute Gasteiger partial charge is 0.191 e. The molecule has 0 radical (unpaired) electrons. The first-order valence-electron chi connectivity index (χ1n) is 8.65. The lowest BCUT2D eigenvalue weighted by Crippen LogP contribution is -2.45. The number of nitrogens with one attached hydrogen (secondary N) is 2. The van der Waals surface area contributed by atoms with E-state index >= 15 is 0 Å². The van der Waals surface area contributed by atoms with Gasteiger partial charge in [0, 0.05) is 26.7 Å². The monoisotopic (exact) mass is 450 g/mol. The van der Waals surface area contributed by atoms with Gasteiger partial charge < -0.3 is 19.8 Å². The van der Waals surface area contributed by atoms with Crippen LogP contribution in [-0.4, -0.2) is 57.3 Å². The number of ether oxygens (including phenoxy) is 1. The number of piperidine rings is 1.